The molecule has 0 heterocycles. The molecule has 0 aliphatic carbocycles. The van der Waals surface area contributed by atoms with Crippen LogP contribution in [0.3, 0.4) is 0 Å². The molecule has 0 atom stereocenters. The van der Waals surface area contributed by atoms with Gasteiger partial charge in [-0.15, -0.1) is 0 Å². The highest BCUT2D eigenvalue weighted by atomic mass is 19.1. The van der Waals surface area contributed by atoms with E-state index in [1.807, 2.05) is 0 Å². The first-order valence-electron chi connectivity index (χ1n) is 3.98. The van der Waals surface area contributed by atoms with E-state index >= 15 is 0 Å². The molecular weight excluding hydrogens is 219 g/mol. The topological polar surface area (TPSA) is 93.2 Å². The Hall–Kier alpha value is -2.49. The summed E-state index contributed by atoms with van der Waals surface area (Å²) < 4.78 is 17.4. The molecule has 0 aliphatic heterocycles. The molecule has 0 aromatic heterocycles. The van der Waals surface area contributed by atoms with E-state index in [4.69, 9.17) is 5.26 Å². The SMILES string of the molecule is COC(=O)c1c(C#N)ccc(F)c1[N+](=O)[O-]. The maximum atomic E-state index is 13.2. The number of esters is 1. The number of halogens is 1. The zero-order valence-corrected chi connectivity index (χ0v) is 8.06. The van der Waals surface area contributed by atoms with Crippen LogP contribution < -0.4 is 0 Å². The van der Waals surface area contributed by atoms with E-state index in [1.54, 1.807) is 6.07 Å². The van der Waals surface area contributed by atoms with Crippen LogP contribution in [-0.2, 0) is 4.74 Å². The Balaban J connectivity index is 3.63. The van der Waals surface area contributed by atoms with Crippen molar-refractivity contribution in [1.29, 1.82) is 5.26 Å². The molecule has 0 aliphatic rings. The lowest BCUT2D eigenvalue weighted by molar-refractivity contribution is -0.387. The van der Waals surface area contributed by atoms with Crippen molar-refractivity contribution in [2.45, 2.75) is 0 Å². The van der Waals surface area contributed by atoms with Gasteiger partial charge in [-0.1, -0.05) is 0 Å². The van der Waals surface area contributed by atoms with Crippen LogP contribution in [0.1, 0.15) is 15.9 Å². The van der Waals surface area contributed by atoms with Gasteiger partial charge in [-0.25, -0.2) is 4.79 Å². The van der Waals surface area contributed by atoms with Gasteiger partial charge in [0.15, 0.2) is 5.56 Å². The number of benzene rings is 1. The second-order valence-electron chi connectivity index (χ2n) is 2.68. The summed E-state index contributed by atoms with van der Waals surface area (Å²) in [6.45, 7) is 0. The Labute approximate surface area is 89.0 Å². The second-order valence-corrected chi connectivity index (χ2v) is 2.68. The molecule has 16 heavy (non-hydrogen) atoms. The minimum Gasteiger partial charge on any atom is -0.465 e. The molecule has 0 fully saturated rings. The lowest BCUT2D eigenvalue weighted by Gasteiger charge is -2.03. The molecule has 1 rings (SSSR count). The van der Waals surface area contributed by atoms with Gasteiger partial charge in [0.1, 0.15) is 6.07 Å². The molecule has 0 radical (unpaired) electrons. The van der Waals surface area contributed by atoms with Crippen LogP contribution >= 0.6 is 0 Å². The van der Waals surface area contributed by atoms with Crippen molar-refractivity contribution in [2.24, 2.45) is 0 Å². The van der Waals surface area contributed by atoms with Gasteiger partial charge in [0.25, 0.3) is 0 Å². The Kier molecular flexibility index (Phi) is 3.15. The van der Waals surface area contributed by atoms with Crippen LogP contribution in [0.2, 0.25) is 0 Å². The molecule has 0 amide bonds. The van der Waals surface area contributed by atoms with Crippen LogP contribution in [0.5, 0.6) is 0 Å². The lowest BCUT2D eigenvalue weighted by Crippen LogP contribution is -2.10. The van der Waals surface area contributed by atoms with Crippen LogP contribution in [-0.4, -0.2) is 18.0 Å². The zero-order chi connectivity index (χ0) is 12.3. The Bertz CT molecular complexity index is 507. The highest BCUT2D eigenvalue weighted by Crippen LogP contribution is 2.26. The maximum Gasteiger partial charge on any atom is 0.346 e. The monoisotopic (exact) mass is 224 g/mol. The van der Waals surface area contributed by atoms with Crippen molar-refractivity contribution in [1.82, 2.24) is 0 Å². The summed E-state index contributed by atoms with van der Waals surface area (Å²) in [6, 6.07) is 3.30. The molecule has 82 valence electrons. The highest BCUT2D eigenvalue weighted by molar-refractivity contribution is 5.96. The highest BCUT2D eigenvalue weighted by Gasteiger charge is 2.29. The van der Waals surface area contributed by atoms with Gasteiger partial charge in [-0.05, 0) is 12.1 Å². The number of nitriles is 1. The minimum atomic E-state index is -1.19. The van der Waals surface area contributed by atoms with Crippen LogP contribution in [0.25, 0.3) is 0 Å². The number of nitro benzene ring substituents is 1. The van der Waals surface area contributed by atoms with Crippen LogP contribution in [0.15, 0.2) is 12.1 Å². The predicted octanol–water partition coefficient (Wildman–Crippen LogP) is 1.39. The smallest absolute Gasteiger partial charge is 0.346 e. The Morgan fingerprint density at radius 1 is 1.62 bits per heavy atom. The normalized spacial score (nSPS) is 9.31. The first-order chi connectivity index (χ1) is 7.52. The van der Waals surface area contributed by atoms with Gasteiger partial charge in [0.05, 0.1) is 17.6 Å². The molecule has 0 spiro atoms. The fourth-order valence-corrected chi connectivity index (χ4v) is 1.15. The Morgan fingerprint density at radius 3 is 2.69 bits per heavy atom. The average Bonchev–Trinajstić information content (AvgIpc) is 2.27. The maximum absolute atomic E-state index is 13.2. The number of carbonyl (C=O) groups is 1. The van der Waals surface area contributed by atoms with Gasteiger partial charge < -0.3 is 4.74 Å². The largest absolute Gasteiger partial charge is 0.465 e. The molecule has 1 aromatic rings. The first-order valence-corrected chi connectivity index (χ1v) is 3.98. The second kappa shape index (κ2) is 4.35. The van der Waals surface area contributed by atoms with Gasteiger partial charge in [-0.2, -0.15) is 9.65 Å². The van der Waals surface area contributed by atoms with Gasteiger partial charge in [0, 0.05) is 0 Å². The molecule has 0 N–H and O–H groups in total. The van der Waals surface area contributed by atoms with E-state index in [0.29, 0.717) is 0 Å². The summed E-state index contributed by atoms with van der Waals surface area (Å²) in [5.41, 5.74) is -2.03. The number of rotatable bonds is 2. The van der Waals surface area contributed by atoms with Crippen LogP contribution in [0, 0.1) is 27.3 Å². The summed E-state index contributed by atoms with van der Waals surface area (Å²) >= 11 is 0. The molecule has 0 saturated heterocycles. The fraction of sp³-hybridized carbons (Fsp3) is 0.111. The quantitative estimate of drug-likeness (QED) is 0.430. The van der Waals surface area contributed by atoms with Gasteiger partial charge in [0.2, 0.25) is 5.82 Å². The summed E-state index contributed by atoms with van der Waals surface area (Å²) in [5, 5.41) is 19.2. The summed E-state index contributed by atoms with van der Waals surface area (Å²) in [4.78, 5) is 20.7. The van der Waals surface area contributed by atoms with Crippen molar-refractivity contribution in [3.05, 3.63) is 39.2 Å². The Morgan fingerprint density at radius 2 is 2.25 bits per heavy atom. The number of ether oxygens (including phenoxy) is 1. The molecule has 1 aromatic carbocycles. The third-order valence-electron chi connectivity index (χ3n) is 1.82. The van der Waals surface area contributed by atoms with Crippen molar-refractivity contribution in [2.75, 3.05) is 7.11 Å². The van der Waals surface area contributed by atoms with Crippen molar-refractivity contribution < 1.29 is 18.8 Å². The first kappa shape index (κ1) is 11.6. The van der Waals surface area contributed by atoms with E-state index in [2.05, 4.69) is 4.74 Å². The lowest BCUT2D eigenvalue weighted by atomic mass is 10.1. The van der Waals surface area contributed by atoms with Crippen molar-refractivity contribution >= 4 is 11.7 Å². The van der Waals surface area contributed by atoms with E-state index in [0.717, 1.165) is 19.2 Å². The summed E-state index contributed by atoms with van der Waals surface area (Å²) in [5.74, 6) is -2.31. The zero-order valence-electron chi connectivity index (χ0n) is 8.06. The summed E-state index contributed by atoms with van der Waals surface area (Å²) in [6.07, 6.45) is 0. The van der Waals surface area contributed by atoms with Crippen molar-refractivity contribution in [3.63, 3.8) is 0 Å². The minimum absolute atomic E-state index is 0.306. The number of nitro groups is 1. The number of carbonyl (C=O) groups excluding carboxylic acids is 1. The molecular formula is C9H5FN2O4. The van der Waals surface area contributed by atoms with E-state index < -0.39 is 28.0 Å². The van der Waals surface area contributed by atoms with Gasteiger partial charge >= 0.3 is 11.7 Å². The third kappa shape index (κ3) is 1.81. The standard InChI is InChI=1S/C9H5FN2O4/c1-16-9(13)7-5(4-11)2-3-6(10)8(7)12(14)15/h2-3H,1H3. The third-order valence-corrected chi connectivity index (χ3v) is 1.82. The molecule has 0 bridgehead atoms. The predicted molar refractivity (Wildman–Crippen MR) is 49.1 cm³/mol. The van der Waals surface area contributed by atoms with E-state index in [1.165, 1.54) is 0 Å². The van der Waals surface area contributed by atoms with Crippen LogP contribution in [0.4, 0.5) is 10.1 Å². The molecule has 6 nitrogen and oxygen atoms in total. The van der Waals surface area contributed by atoms with E-state index in [-0.39, 0.29) is 5.56 Å². The molecule has 7 heteroatoms. The number of nitrogens with zero attached hydrogens (tertiary/aromatic N) is 2. The number of hydrogen-bond acceptors (Lipinski definition) is 5. The van der Waals surface area contributed by atoms with E-state index in [9.17, 15) is 19.3 Å². The molecule has 0 unspecified atom stereocenters. The molecule has 0 saturated carbocycles. The average molecular weight is 224 g/mol. The number of methoxy groups -OCH3 is 1. The number of hydrogen-bond donors (Lipinski definition) is 0. The summed E-state index contributed by atoms with van der Waals surface area (Å²) in [7, 11) is 0.984. The van der Waals surface area contributed by atoms with Crippen molar-refractivity contribution in [3.8, 4) is 6.07 Å². The van der Waals surface area contributed by atoms with Gasteiger partial charge in [-0.3, -0.25) is 10.1 Å². The fourth-order valence-electron chi connectivity index (χ4n) is 1.15.